The summed E-state index contributed by atoms with van der Waals surface area (Å²) >= 11 is 0.390. The molecule has 0 fully saturated rings. The molecule has 4 aromatic rings. The molecule has 0 aromatic heterocycles. The number of ether oxygens (including phenoxy) is 2. The van der Waals surface area contributed by atoms with Crippen molar-refractivity contribution < 1.29 is 9.47 Å². The number of benzene rings is 4. The maximum absolute atomic E-state index is 5.69. The summed E-state index contributed by atoms with van der Waals surface area (Å²) in [5, 5.41) is 1.09. The van der Waals surface area contributed by atoms with Gasteiger partial charge in [-0.1, -0.05) is 0 Å². The van der Waals surface area contributed by atoms with Crippen molar-refractivity contribution in [2.75, 3.05) is 14.2 Å². The Hall–Kier alpha value is -3.96. The first kappa shape index (κ1) is 26.1. The molecule has 4 aromatic carbocycles. The molecule has 4 rings (SSSR count). The van der Waals surface area contributed by atoms with Gasteiger partial charge in [0.15, 0.2) is 0 Å². The predicted octanol–water partition coefficient (Wildman–Crippen LogP) is 7.06. The molecule has 0 N–H and O–H groups in total. The van der Waals surface area contributed by atoms with Crippen LogP contribution in [0.5, 0.6) is 11.5 Å². The summed E-state index contributed by atoms with van der Waals surface area (Å²) in [5.74, 6) is 8.36. The second-order valence-corrected chi connectivity index (χ2v) is 10.7. The van der Waals surface area contributed by atoms with Crippen LogP contribution in [0.1, 0.15) is 23.1 Å². The molecule has 0 amide bonds. The van der Waals surface area contributed by atoms with Crippen molar-refractivity contribution in [1.29, 1.82) is 0 Å². The van der Waals surface area contributed by atoms with Gasteiger partial charge in [-0.25, -0.2) is 0 Å². The molecule has 0 heterocycles. The van der Waals surface area contributed by atoms with Crippen LogP contribution in [0.2, 0.25) is 5.32 Å². The summed E-state index contributed by atoms with van der Waals surface area (Å²) in [4.78, 5) is 0. The molecule has 0 saturated heterocycles. The van der Waals surface area contributed by atoms with Gasteiger partial charge in [-0.3, -0.25) is 0 Å². The Morgan fingerprint density at radius 1 is 0.784 bits per heavy atom. The molecule has 0 aliphatic rings. The van der Waals surface area contributed by atoms with Crippen LogP contribution < -0.4 is 13.9 Å². The van der Waals surface area contributed by atoms with Crippen LogP contribution in [0.4, 0.5) is 0 Å². The van der Waals surface area contributed by atoms with Crippen LogP contribution in [-0.4, -0.2) is 29.2 Å². The Kier molecular flexibility index (Phi) is 9.85. The minimum atomic E-state index is 0.390. The fourth-order valence-electron chi connectivity index (χ4n) is 3.78. The summed E-state index contributed by atoms with van der Waals surface area (Å²) in [6, 6.07) is 37.2. The van der Waals surface area contributed by atoms with Gasteiger partial charge in [0.25, 0.3) is 0 Å². The summed E-state index contributed by atoms with van der Waals surface area (Å²) in [6.07, 6.45) is 5.38. The Morgan fingerprint density at radius 3 is 2.14 bits per heavy atom. The van der Waals surface area contributed by atoms with E-state index in [9.17, 15) is 0 Å². The molecule has 184 valence electrons. The molecule has 0 atom stereocenters. The Bertz CT molecular complexity index is 1400. The van der Waals surface area contributed by atoms with Crippen LogP contribution in [0.15, 0.2) is 121 Å². The number of allylic oxidation sites excluding steroid dienone is 3. The normalized spacial score (nSPS) is 11.4. The molecular weight excluding hydrogens is 519 g/mol. The van der Waals surface area contributed by atoms with Crippen molar-refractivity contribution in [3.63, 3.8) is 0 Å². The van der Waals surface area contributed by atoms with Crippen LogP contribution in [0.25, 0.3) is 11.6 Å². The minimum absolute atomic E-state index is 0.390. The summed E-state index contributed by atoms with van der Waals surface area (Å²) in [7, 11) is 3.36. The second kappa shape index (κ2) is 14.0. The van der Waals surface area contributed by atoms with E-state index in [2.05, 4.69) is 78.6 Å². The topological polar surface area (TPSA) is 18.5 Å². The van der Waals surface area contributed by atoms with E-state index >= 15 is 0 Å². The zero-order chi connectivity index (χ0) is 25.7. The van der Waals surface area contributed by atoms with Gasteiger partial charge in [0.2, 0.25) is 0 Å². The molecule has 2 nitrogen and oxygen atoms in total. The van der Waals surface area contributed by atoms with Crippen LogP contribution in [0, 0.1) is 11.8 Å². The van der Waals surface area contributed by atoms with E-state index in [1.165, 1.54) is 10.0 Å². The molecule has 37 heavy (non-hydrogen) atoms. The van der Waals surface area contributed by atoms with Crippen LogP contribution in [0.3, 0.4) is 0 Å². The van der Waals surface area contributed by atoms with Crippen molar-refractivity contribution in [3.05, 3.63) is 138 Å². The molecule has 0 spiro atoms. The standard InChI is InChI=1S/C34H30O2Se/c1-35-32-21-20-31(34(26-32)36-2)25-28(22-23-37-33-16-10-5-11-17-33)24-30(29-14-8-4-9-15-29)19-18-27-12-6-3-7-13-27/h3-17,20-21,24-26H,22-23H2,1-2H3/b28-25+,30-24-. The molecule has 3 heteroatoms. The Balaban J connectivity index is 1.73. The van der Waals surface area contributed by atoms with Crippen molar-refractivity contribution in [3.8, 4) is 23.3 Å². The van der Waals surface area contributed by atoms with Gasteiger partial charge in [0, 0.05) is 0 Å². The quantitative estimate of drug-likeness (QED) is 0.126. The van der Waals surface area contributed by atoms with Gasteiger partial charge < -0.3 is 0 Å². The monoisotopic (exact) mass is 550 g/mol. The predicted molar refractivity (Wildman–Crippen MR) is 157 cm³/mol. The zero-order valence-electron chi connectivity index (χ0n) is 21.2. The van der Waals surface area contributed by atoms with Crippen molar-refractivity contribution >= 4 is 31.1 Å². The van der Waals surface area contributed by atoms with Crippen LogP contribution >= 0.6 is 0 Å². The summed E-state index contributed by atoms with van der Waals surface area (Å²) < 4.78 is 12.5. The third kappa shape index (κ3) is 8.02. The molecular formula is C34H30O2Se. The number of hydrogen-bond donors (Lipinski definition) is 0. The van der Waals surface area contributed by atoms with Crippen molar-refractivity contribution in [2.45, 2.75) is 11.7 Å². The third-order valence-corrected chi connectivity index (χ3v) is 7.84. The maximum atomic E-state index is 5.69. The Morgan fingerprint density at radius 2 is 1.46 bits per heavy atom. The number of hydrogen-bond acceptors (Lipinski definition) is 2. The molecule has 0 radical (unpaired) electrons. The fraction of sp³-hybridized carbons (Fsp3) is 0.118. The van der Waals surface area contributed by atoms with E-state index in [0.717, 1.165) is 45.5 Å². The molecule has 0 unspecified atom stereocenters. The molecule has 0 bridgehead atoms. The number of rotatable bonds is 9. The zero-order valence-corrected chi connectivity index (χ0v) is 22.9. The first-order chi connectivity index (χ1) is 18.2. The van der Waals surface area contributed by atoms with E-state index in [0.29, 0.717) is 15.0 Å². The molecule has 0 aliphatic heterocycles. The van der Waals surface area contributed by atoms with Gasteiger partial charge in [-0.2, -0.15) is 0 Å². The van der Waals surface area contributed by atoms with E-state index < -0.39 is 0 Å². The SMILES string of the molecule is COc1ccc(/C=C(/C=C(/C#Cc2ccccc2)c2ccccc2)CC[Se]c2ccccc2)c(OC)c1. The fourth-order valence-corrected chi connectivity index (χ4v) is 5.72. The van der Waals surface area contributed by atoms with Gasteiger partial charge in [0.1, 0.15) is 0 Å². The molecule has 0 saturated carbocycles. The first-order valence-electron chi connectivity index (χ1n) is 12.2. The van der Waals surface area contributed by atoms with E-state index in [4.69, 9.17) is 9.47 Å². The van der Waals surface area contributed by atoms with E-state index in [1.807, 2.05) is 54.6 Å². The van der Waals surface area contributed by atoms with E-state index in [1.54, 1.807) is 14.2 Å². The van der Waals surface area contributed by atoms with Gasteiger partial charge in [0.05, 0.1) is 0 Å². The van der Waals surface area contributed by atoms with E-state index in [-0.39, 0.29) is 0 Å². The number of methoxy groups -OCH3 is 2. The van der Waals surface area contributed by atoms with Crippen LogP contribution in [-0.2, 0) is 0 Å². The average Bonchev–Trinajstić information content (AvgIpc) is 2.96. The average molecular weight is 550 g/mol. The first-order valence-corrected chi connectivity index (χ1v) is 14.3. The van der Waals surface area contributed by atoms with Gasteiger partial charge >= 0.3 is 227 Å². The molecule has 0 aliphatic carbocycles. The van der Waals surface area contributed by atoms with Gasteiger partial charge in [-0.15, -0.1) is 0 Å². The Labute approximate surface area is 226 Å². The second-order valence-electron chi connectivity index (χ2n) is 8.28. The van der Waals surface area contributed by atoms with Crippen molar-refractivity contribution in [1.82, 2.24) is 0 Å². The van der Waals surface area contributed by atoms with Crippen molar-refractivity contribution in [2.24, 2.45) is 0 Å². The summed E-state index contributed by atoms with van der Waals surface area (Å²) in [6.45, 7) is 0. The van der Waals surface area contributed by atoms with Gasteiger partial charge in [-0.05, 0) is 0 Å². The summed E-state index contributed by atoms with van der Waals surface area (Å²) in [5.41, 5.74) is 5.33. The third-order valence-electron chi connectivity index (χ3n) is 5.71.